The molecule has 0 aliphatic heterocycles. The van der Waals surface area contributed by atoms with Gasteiger partial charge in [0.25, 0.3) is 0 Å². The van der Waals surface area contributed by atoms with Crippen LogP contribution in [0.25, 0.3) is 0 Å². The molecule has 0 fully saturated rings. The van der Waals surface area contributed by atoms with Crippen molar-refractivity contribution in [1.29, 1.82) is 5.41 Å². The molecule has 70 valence electrons. The minimum absolute atomic E-state index is 0.0244. The van der Waals surface area contributed by atoms with Gasteiger partial charge in [-0.15, -0.1) is 0 Å². The van der Waals surface area contributed by atoms with Crippen molar-refractivity contribution in [2.45, 2.75) is 12.8 Å². The zero-order valence-corrected chi connectivity index (χ0v) is 6.98. The summed E-state index contributed by atoms with van der Waals surface area (Å²) in [6.45, 7) is 0. The van der Waals surface area contributed by atoms with Gasteiger partial charge in [0.15, 0.2) is 11.6 Å². The molecule has 2 nitrogen and oxygen atoms in total. The van der Waals surface area contributed by atoms with E-state index in [1.165, 1.54) is 12.1 Å². The average Bonchev–Trinajstić information content (AvgIpc) is 2.07. The van der Waals surface area contributed by atoms with Gasteiger partial charge < -0.3 is 5.73 Å². The predicted octanol–water partition coefficient (Wildman–Crippen LogP) is 1.83. The molecular weight excluding hydrogens is 174 g/mol. The molecule has 0 spiro atoms. The van der Waals surface area contributed by atoms with Gasteiger partial charge in [0.05, 0.1) is 5.84 Å². The van der Waals surface area contributed by atoms with Gasteiger partial charge in [-0.05, 0) is 18.1 Å². The average molecular weight is 184 g/mol. The van der Waals surface area contributed by atoms with Crippen LogP contribution in [0.1, 0.15) is 12.0 Å². The van der Waals surface area contributed by atoms with Crippen LogP contribution in [0.4, 0.5) is 8.78 Å². The van der Waals surface area contributed by atoms with Crippen LogP contribution in [-0.4, -0.2) is 5.84 Å². The van der Waals surface area contributed by atoms with Crippen molar-refractivity contribution in [2.24, 2.45) is 5.73 Å². The lowest BCUT2D eigenvalue weighted by atomic mass is 10.1. The molecule has 0 saturated carbocycles. The van der Waals surface area contributed by atoms with E-state index in [2.05, 4.69) is 0 Å². The first kappa shape index (κ1) is 9.64. The fraction of sp³-hybridized carbons (Fsp3) is 0.222. The molecule has 1 aromatic carbocycles. The summed E-state index contributed by atoms with van der Waals surface area (Å²) in [5, 5.41) is 6.93. The zero-order valence-electron chi connectivity index (χ0n) is 6.98. The highest BCUT2D eigenvalue weighted by atomic mass is 19.2. The summed E-state index contributed by atoms with van der Waals surface area (Å²) in [7, 11) is 0. The Labute approximate surface area is 74.9 Å². The Kier molecular flexibility index (Phi) is 2.95. The molecule has 0 amide bonds. The smallest absolute Gasteiger partial charge is 0.162 e. The molecule has 0 heterocycles. The minimum Gasteiger partial charge on any atom is -0.388 e. The first-order valence-electron chi connectivity index (χ1n) is 3.87. The topological polar surface area (TPSA) is 49.9 Å². The normalized spacial score (nSPS) is 10.0. The van der Waals surface area contributed by atoms with Crippen LogP contribution in [0.3, 0.4) is 0 Å². The second-order valence-corrected chi connectivity index (χ2v) is 2.74. The Morgan fingerprint density at radius 2 is 2.08 bits per heavy atom. The van der Waals surface area contributed by atoms with Crippen molar-refractivity contribution >= 4 is 5.84 Å². The van der Waals surface area contributed by atoms with Gasteiger partial charge in [0.1, 0.15) is 0 Å². The van der Waals surface area contributed by atoms with Crippen LogP contribution in [0.15, 0.2) is 18.2 Å². The van der Waals surface area contributed by atoms with Gasteiger partial charge in [-0.25, -0.2) is 8.78 Å². The van der Waals surface area contributed by atoms with Crippen molar-refractivity contribution in [1.82, 2.24) is 0 Å². The molecule has 1 aromatic rings. The van der Waals surface area contributed by atoms with E-state index in [-0.39, 0.29) is 24.2 Å². The highest BCUT2D eigenvalue weighted by Crippen LogP contribution is 2.12. The zero-order chi connectivity index (χ0) is 9.84. The number of hydrogen-bond acceptors (Lipinski definition) is 1. The summed E-state index contributed by atoms with van der Waals surface area (Å²) in [6.07, 6.45) is 0.513. The molecule has 0 bridgehead atoms. The molecule has 0 aliphatic rings. The van der Waals surface area contributed by atoms with Crippen molar-refractivity contribution in [3.63, 3.8) is 0 Å². The fourth-order valence-electron chi connectivity index (χ4n) is 1.01. The lowest BCUT2D eigenvalue weighted by molar-refractivity contribution is 0.499. The van der Waals surface area contributed by atoms with E-state index in [4.69, 9.17) is 11.1 Å². The first-order chi connectivity index (χ1) is 6.11. The van der Waals surface area contributed by atoms with Crippen molar-refractivity contribution < 1.29 is 8.78 Å². The van der Waals surface area contributed by atoms with Crippen molar-refractivity contribution in [2.75, 3.05) is 0 Å². The Bertz CT molecular complexity index is 323. The molecule has 0 saturated heterocycles. The van der Waals surface area contributed by atoms with E-state index < -0.39 is 11.6 Å². The van der Waals surface area contributed by atoms with Crippen LogP contribution in [0, 0.1) is 17.0 Å². The molecule has 0 radical (unpaired) electrons. The third kappa shape index (κ3) is 2.50. The highest BCUT2D eigenvalue weighted by Gasteiger charge is 2.06. The Hall–Kier alpha value is -1.45. The Balaban J connectivity index is 2.77. The summed E-state index contributed by atoms with van der Waals surface area (Å²) < 4.78 is 25.6. The Morgan fingerprint density at radius 3 is 2.69 bits per heavy atom. The number of nitrogens with one attached hydrogen (secondary N) is 1. The second-order valence-electron chi connectivity index (χ2n) is 2.74. The summed E-state index contributed by atoms with van der Waals surface area (Å²) in [5.74, 6) is -1.73. The minimum atomic E-state index is -0.860. The van der Waals surface area contributed by atoms with Crippen LogP contribution >= 0.6 is 0 Å². The standard InChI is InChI=1S/C9H10F2N2/c10-7-3-1-2-6(9(7)11)4-5-8(12)13/h1-3H,4-5H2,(H3,12,13). The molecule has 4 heteroatoms. The SMILES string of the molecule is N=C(N)CCc1cccc(F)c1F. The maximum atomic E-state index is 13.0. The van der Waals surface area contributed by atoms with E-state index in [1.807, 2.05) is 0 Å². The summed E-state index contributed by atoms with van der Waals surface area (Å²) in [6, 6.07) is 3.99. The number of halogens is 2. The molecule has 13 heavy (non-hydrogen) atoms. The second kappa shape index (κ2) is 3.98. The third-order valence-corrected chi connectivity index (χ3v) is 1.70. The quantitative estimate of drug-likeness (QED) is 0.546. The third-order valence-electron chi connectivity index (χ3n) is 1.70. The van der Waals surface area contributed by atoms with Crippen LogP contribution in [0.5, 0.6) is 0 Å². The summed E-state index contributed by atoms with van der Waals surface area (Å²) >= 11 is 0. The summed E-state index contributed by atoms with van der Waals surface area (Å²) in [4.78, 5) is 0. The maximum Gasteiger partial charge on any atom is 0.162 e. The highest BCUT2D eigenvalue weighted by molar-refractivity contribution is 5.77. The van der Waals surface area contributed by atoms with Gasteiger partial charge in [-0.3, -0.25) is 5.41 Å². The number of nitrogens with two attached hydrogens (primary N) is 1. The van der Waals surface area contributed by atoms with Crippen LogP contribution < -0.4 is 5.73 Å². The lowest BCUT2D eigenvalue weighted by Gasteiger charge is -2.02. The van der Waals surface area contributed by atoms with E-state index in [0.717, 1.165) is 6.07 Å². The fourth-order valence-corrected chi connectivity index (χ4v) is 1.01. The maximum absolute atomic E-state index is 13.0. The van der Waals surface area contributed by atoms with E-state index in [1.54, 1.807) is 0 Å². The van der Waals surface area contributed by atoms with Gasteiger partial charge in [0.2, 0.25) is 0 Å². The number of hydrogen-bond donors (Lipinski definition) is 2. The first-order valence-corrected chi connectivity index (χ1v) is 3.87. The van der Waals surface area contributed by atoms with Gasteiger partial charge in [0, 0.05) is 6.42 Å². The van der Waals surface area contributed by atoms with E-state index >= 15 is 0 Å². The van der Waals surface area contributed by atoms with Crippen molar-refractivity contribution in [3.05, 3.63) is 35.4 Å². The molecule has 3 N–H and O–H groups in total. The van der Waals surface area contributed by atoms with Crippen molar-refractivity contribution in [3.8, 4) is 0 Å². The van der Waals surface area contributed by atoms with Gasteiger partial charge in [-0.1, -0.05) is 12.1 Å². The molecule has 0 aliphatic carbocycles. The number of benzene rings is 1. The largest absolute Gasteiger partial charge is 0.388 e. The monoisotopic (exact) mass is 184 g/mol. The van der Waals surface area contributed by atoms with Gasteiger partial charge in [-0.2, -0.15) is 0 Å². The predicted molar refractivity (Wildman–Crippen MR) is 46.6 cm³/mol. The summed E-state index contributed by atoms with van der Waals surface area (Å²) in [5.41, 5.74) is 5.35. The lowest BCUT2D eigenvalue weighted by Crippen LogP contribution is -2.10. The molecule has 1 rings (SSSR count). The molecule has 0 aromatic heterocycles. The van der Waals surface area contributed by atoms with E-state index in [0.29, 0.717) is 0 Å². The van der Waals surface area contributed by atoms with Crippen LogP contribution in [0.2, 0.25) is 0 Å². The number of aryl methyl sites for hydroxylation is 1. The molecule has 0 atom stereocenters. The van der Waals surface area contributed by atoms with Crippen LogP contribution in [-0.2, 0) is 6.42 Å². The number of amidine groups is 1. The number of rotatable bonds is 3. The van der Waals surface area contributed by atoms with Gasteiger partial charge >= 0.3 is 0 Å². The molecular formula is C9H10F2N2. The van der Waals surface area contributed by atoms with E-state index in [9.17, 15) is 8.78 Å². The molecule has 0 unspecified atom stereocenters. The Morgan fingerprint density at radius 1 is 1.38 bits per heavy atom.